The number of ether oxygens (including phenoxy) is 1. The second-order valence-electron chi connectivity index (χ2n) is 4.16. The van der Waals surface area contributed by atoms with Gasteiger partial charge in [-0.05, 0) is 31.5 Å². The highest BCUT2D eigenvalue weighted by atomic mass is 16.5. The second-order valence-corrected chi connectivity index (χ2v) is 4.16. The first-order valence-electron chi connectivity index (χ1n) is 5.74. The predicted octanol–water partition coefficient (Wildman–Crippen LogP) is 0.836. The molecule has 5 nitrogen and oxygen atoms in total. The Bertz CT molecular complexity index is 413. The van der Waals surface area contributed by atoms with Crippen LogP contribution < -0.4 is 15.4 Å². The summed E-state index contributed by atoms with van der Waals surface area (Å²) in [5, 5.41) is 5.08. The minimum Gasteiger partial charge on any atom is -0.497 e. The first kappa shape index (κ1) is 14.0. The molecule has 1 aromatic carbocycles. The average Bonchev–Trinajstić information content (AvgIpc) is 2.35. The number of carbonyl (C=O) groups is 2. The van der Waals surface area contributed by atoms with Crippen molar-refractivity contribution in [1.29, 1.82) is 0 Å². The third-order valence-corrected chi connectivity index (χ3v) is 2.24. The molecular weight excluding hydrogens is 232 g/mol. The van der Waals surface area contributed by atoms with Crippen molar-refractivity contribution in [3.63, 3.8) is 0 Å². The van der Waals surface area contributed by atoms with Crippen molar-refractivity contribution < 1.29 is 14.3 Å². The van der Waals surface area contributed by atoms with E-state index < -0.39 is 11.8 Å². The van der Waals surface area contributed by atoms with E-state index in [1.165, 1.54) is 0 Å². The predicted molar refractivity (Wildman–Crippen MR) is 68.1 cm³/mol. The summed E-state index contributed by atoms with van der Waals surface area (Å²) in [5.41, 5.74) is 0.904. The van der Waals surface area contributed by atoms with Crippen LogP contribution in [0.1, 0.15) is 19.4 Å². The molecular formula is C13H18N2O3. The van der Waals surface area contributed by atoms with Gasteiger partial charge in [-0.15, -0.1) is 0 Å². The number of methoxy groups -OCH3 is 1. The monoisotopic (exact) mass is 250 g/mol. The lowest BCUT2D eigenvalue weighted by Gasteiger charge is -2.09. The molecule has 0 aliphatic carbocycles. The number of hydrogen-bond acceptors (Lipinski definition) is 3. The number of nitrogens with one attached hydrogen (secondary N) is 2. The number of carbonyl (C=O) groups excluding carboxylic acids is 2. The Morgan fingerprint density at radius 1 is 1.17 bits per heavy atom. The fraction of sp³-hybridized carbons (Fsp3) is 0.385. The largest absolute Gasteiger partial charge is 0.497 e. The fourth-order valence-corrected chi connectivity index (χ4v) is 1.33. The molecule has 0 saturated carbocycles. The summed E-state index contributed by atoms with van der Waals surface area (Å²) in [4.78, 5) is 22.8. The highest BCUT2D eigenvalue weighted by Gasteiger charge is 2.13. The van der Waals surface area contributed by atoms with Gasteiger partial charge < -0.3 is 15.4 Å². The topological polar surface area (TPSA) is 67.4 Å². The Hall–Kier alpha value is -2.04. The molecule has 0 atom stereocenters. The summed E-state index contributed by atoms with van der Waals surface area (Å²) in [6.45, 7) is 3.91. The van der Waals surface area contributed by atoms with E-state index in [4.69, 9.17) is 4.74 Å². The molecule has 2 N–H and O–H groups in total. The van der Waals surface area contributed by atoms with Crippen molar-refractivity contribution >= 4 is 11.8 Å². The molecule has 0 radical (unpaired) electrons. The Morgan fingerprint density at radius 2 is 1.78 bits per heavy atom. The molecule has 0 fully saturated rings. The quantitative estimate of drug-likeness (QED) is 0.778. The van der Waals surface area contributed by atoms with Crippen LogP contribution in [-0.2, 0) is 16.1 Å². The van der Waals surface area contributed by atoms with Crippen molar-refractivity contribution in [2.24, 2.45) is 0 Å². The maximum atomic E-state index is 11.4. The highest BCUT2D eigenvalue weighted by Crippen LogP contribution is 2.10. The van der Waals surface area contributed by atoms with E-state index >= 15 is 0 Å². The third-order valence-electron chi connectivity index (χ3n) is 2.24. The van der Waals surface area contributed by atoms with Crippen molar-refractivity contribution in [3.05, 3.63) is 29.8 Å². The first-order chi connectivity index (χ1) is 8.52. The van der Waals surface area contributed by atoms with Gasteiger partial charge in [0.25, 0.3) is 0 Å². The Morgan fingerprint density at radius 3 is 2.28 bits per heavy atom. The van der Waals surface area contributed by atoms with Crippen LogP contribution in [0.4, 0.5) is 0 Å². The molecule has 0 bridgehead atoms. The van der Waals surface area contributed by atoms with Crippen LogP contribution in [-0.4, -0.2) is 25.0 Å². The van der Waals surface area contributed by atoms with Gasteiger partial charge in [-0.2, -0.15) is 0 Å². The summed E-state index contributed by atoms with van der Waals surface area (Å²) < 4.78 is 5.03. The van der Waals surface area contributed by atoms with Gasteiger partial charge in [0.05, 0.1) is 7.11 Å². The molecule has 5 heteroatoms. The SMILES string of the molecule is COc1ccc(CNC(=O)C(=O)NC(C)C)cc1. The van der Waals surface area contributed by atoms with E-state index in [0.717, 1.165) is 11.3 Å². The van der Waals surface area contributed by atoms with Crippen molar-refractivity contribution in [2.45, 2.75) is 26.4 Å². The summed E-state index contributed by atoms with van der Waals surface area (Å²) in [7, 11) is 1.59. The molecule has 18 heavy (non-hydrogen) atoms. The van der Waals surface area contributed by atoms with Crippen LogP contribution in [0.25, 0.3) is 0 Å². The van der Waals surface area contributed by atoms with E-state index in [0.29, 0.717) is 6.54 Å². The number of hydrogen-bond donors (Lipinski definition) is 2. The van der Waals surface area contributed by atoms with Crippen LogP contribution in [0.5, 0.6) is 5.75 Å². The Balaban J connectivity index is 2.44. The molecule has 0 heterocycles. The van der Waals surface area contributed by atoms with Crippen LogP contribution in [0, 0.1) is 0 Å². The summed E-state index contributed by atoms with van der Waals surface area (Å²) >= 11 is 0. The highest BCUT2D eigenvalue weighted by molar-refractivity contribution is 6.35. The first-order valence-corrected chi connectivity index (χ1v) is 5.74. The van der Waals surface area contributed by atoms with Crippen LogP contribution in [0.15, 0.2) is 24.3 Å². The zero-order valence-electron chi connectivity index (χ0n) is 10.8. The second kappa shape index (κ2) is 6.64. The van der Waals surface area contributed by atoms with E-state index in [1.807, 2.05) is 12.1 Å². The normalized spacial score (nSPS) is 10.0. The molecule has 0 unspecified atom stereocenters. The van der Waals surface area contributed by atoms with Gasteiger partial charge >= 0.3 is 11.8 Å². The zero-order valence-corrected chi connectivity index (χ0v) is 10.8. The van der Waals surface area contributed by atoms with Crippen LogP contribution >= 0.6 is 0 Å². The summed E-state index contributed by atoms with van der Waals surface area (Å²) in [6, 6.07) is 7.22. The third kappa shape index (κ3) is 4.45. The van der Waals surface area contributed by atoms with E-state index in [-0.39, 0.29) is 6.04 Å². The lowest BCUT2D eigenvalue weighted by atomic mass is 10.2. The van der Waals surface area contributed by atoms with E-state index in [9.17, 15) is 9.59 Å². The Labute approximate surface area is 107 Å². The molecule has 0 spiro atoms. The molecule has 2 amide bonds. The molecule has 0 aliphatic heterocycles. The summed E-state index contributed by atoms with van der Waals surface area (Å²) in [5.74, 6) is -0.486. The fourth-order valence-electron chi connectivity index (χ4n) is 1.33. The smallest absolute Gasteiger partial charge is 0.309 e. The van der Waals surface area contributed by atoms with Gasteiger partial charge in [-0.3, -0.25) is 9.59 Å². The number of benzene rings is 1. The Kier molecular flexibility index (Phi) is 5.17. The van der Waals surface area contributed by atoms with Crippen molar-refractivity contribution in [1.82, 2.24) is 10.6 Å². The lowest BCUT2D eigenvalue weighted by molar-refractivity contribution is -0.139. The number of amides is 2. The van der Waals surface area contributed by atoms with E-state index in [2.05, 4.69) is 10.6 Å². The van der Waals surface area contributed by atoms with Gasteiger partial charge in [0, 0.05) is 12.6 Å². The average molecular weight is 250 g/mol. The van der Waals surface area contributed by atoms with Crippen LogP contribution in [0.3, 0.4) is 0 Å². The maximum Gasteiger partial charge on any atom is 0.309 e. The summed E-state index contributed by atoms with van der Waals surface area (Å²) in [6.07, 6.45) is 0. The van der Waals surface area contributed by atoms with Crippen LogP contribution in [0.2, 0.25) is 0 Å². The van der Waals surface area contributed by atoms with Gasteiger partial charge in [0.15, 0.2) is 0 Å². The molecule has 0 saturated heterocycles. The minimum atomic E-state index is -0.625. The van der Waals surface area contributed by atoms with Gasteiger partial charge in [0.2, 0.25) is 0 Å². The molecule has 1 aromatic rings. The molecule has 1 rings (SSSR count). The zero-order chi connectivity index (χ0) is 13.5. The molecule has 98 valence electrons. The van der Waals surface area contributed by atoms with Gasteiger partial charge in [-0.25, -0.2) is 0 Å². The molecule has 0 aliphatic rings. The lowest BCUT2D eigenvalue weighted by Crippen LogP contribution is -2.42. The van der Waals surface area contributed by atoms with E-state index in [1.54, 1.807) is 33.1 Å². The van der Waals surface area contributed by atoms with Gasteiger partial charge in [-0.1, -0.05) is 12.1 Å². The standard InChI is InChI=1S/C13H18N2O3/c1-9(2)15-13(17)12(16)14-8-10-4-6-11(18-3)7-5-10/h4-7,9H,8H2,1-3H3,(H,14,16)(H,15,17). The minimum absolute atomic E-state index is 0.0516. The van der Waals surface area contributed by atoms with Crippen molar-refractivity contribution in [2.75, 3.05) is 7.11 Å². The van der Waals surface area contributed by atoms with Gasteiger partial charge in [0.1, 0.15) is 5.75 Å². The number of rotatable bonds is 4. The molecule has 0 aromatic heterocycles. The van der Waals surface area contributed by atoms with Crippen molar-refractivity contribution in [3.8, 4) is 5.75 Å². The maximum absolute atomic E-state index is 11.4.